The zero-order valence-corrected chi connectivity index (χ0v) is 23.9. The van der Waals surface area contributed by atoms with Gasteiger partial charge in [-0.25, -0.2) is 8.42 Å². The molecule has 3 rings (SSSR count). The number of ether oxygens (including phenoxy) is 1. The van der Waals surface area contributed by atoms with Gasteiger partial charge in [-0.05, 0) is 47.5 Å². The summed E-state index contributed by atoms with van der Waals surface area (Å²) in [5.41, 5.74) is -6.21. The van der Waals surface area contributed by atoms with Crippen LogP contribution in [-0.2, 0) is 25.4 Å². The van der Waals surface area contributed by atoms with Crippen molar-refractivity contribution in [2.75, 3.05) is 42.9 Å². The third-order valence-electron chi connectivity index (χ3n) is 6.35. The van der Waals surface area contributed by atoms with Crippen LogP contribution in [0.25, 0.3) is 0 Å². The fourth-order valence-electron chi connectivity index (χ4n) is 4.28. The van der Waals surface area contributed by atoms with Crippen molar-refractivity contribution < 1.29 is 52.1 Å². The van der Waals surface area contributed by atoms with E-state index in [1.54, 1.807) is 30.3 Å². The van der Waals surface area contributed by atoms with E-state index in [1.165, 1.54) is 12.0 Å². The Hall–Kier alpha value is -3.46. The van der Waals surface area contributed by atoms with Gasteiger partial charge in [0.15, 0.2) is 0 Å². The second kappa shape index (κ2) is 12.4. The van der Waals surface area contributed by atoms with Gasteiger partial charge in [-0.3, -0.25) is 0 Å². The normalized spacial score (nSPS) is 13.0. The van der Waals surface area contributed by atoms with Gasteiger partial charge < -0.3 is 13.8 Å². The molecule has 0 fully saturated rings. The van der Waals surface area contributed by atoms with Gasteiger partial charge in [0.1, 0.15) is 27.1 Å². The molecule has 3 aromatic carbocycles. The van der Waals surface area contributed by atoms with Gasteiger partial charge >= 0.3 is 22.5 Å². The van der Waals surface area contributed by atoms with Crippen LogP contribution >= 0.6 is 0 Å². The molecule has 0 aliphatic carbocycles. The number of para-hydroxylation sites is 1. The maximum atomic E-state index is 14.3. The second-order valence-corrected chi connectivity index (χ2v) is 13.2. The topological polar surface area (TPSA) is 90.0 Å². The lowest BCUT2D eigenvalue weighted by Gasteiger charge is -2.38. The Balaban J connectivity index is 1.88. The molecule has 0 aliphatic heterocycles. The summed E-state index contributed by atoms with van der Waals surface area (Å²) in [7, 11) is -6.58. The molecule has 0 aliphatic rings. The van der Waals surface area contributed by atoms with E-state index in [1.807, 2.05) is 0 Å². The van der Waals surface area contributed by atoms with E-state index < -0.39 is 60.4 Å². The highest BCUT2D eigenvalue weighted by Crippen LogP contribution is 2.56. The first-order valence-corrected chi connectivity index (χ1v) is 15.8. The Morgan fingerprint density at radius 2 is 1.12 bits per heavy atom. The first-order valence-electron chi connectivity index (χ1n) is 12.2. The van der Waals surface area contributed by atoms with E-state index >= 15 is 0 Å². The lowest BCUT2D eigenvalue weighted by Crippen LogP contribution is -2.54. The predicted molar refractivity (Wildman–Crippen MR) is 145 cm³/mol. The van der Waals surface area contributed by atoms with Gasteiger partial charge in [0.05, 0.1) is 12.9 Å². The third kappa shape index (κ3) is 7.68. The van der Waals surface area contributed by atoms with E-state index in [0.29, 0.717) is 42.1 Å². The van der Waals surface area contributed by atoms with Gasteiger partial charge in [-0.15, -0.1) is 0 Å². The highest BCUT2D eigenvalue weighted by molar-refractivity contribution is 7.90. The van der Waals surface area contributed by atoms with Crippen molar-refractivity contribution in [1.29, 1.82) is 0 Å². The molecule has 0 amide bonds. The van der Waals surface area contributed by atoms with Crippen molar-refractivity contribution in [2.45, 2.75) is 17.8 Å². The van der Waals surface area contributed by atoms with Crippen LogP contribution in [0.15, 0.2) is 78.9 Å². The summed E-state index contributed by atoms with van der Waals surface area (Å²) in [5.74, 6) is -1.38. The highest BCUT2D eigenvalue weighted by Gasteiger charge is 2.72. The van der Waals surface area contributed by atoms with Crippen molar-refractivity contribution >= 4 is 25.6 Å². The number of sulfone groups is 1. The first kappa shape index (κ1) is 33.0. The molecule has 230 valence electrons. The van der Waals surface area contributed by atoms with Crippen LogP contribution in [0.4, 0.5) is 32.0 Å². The number of anilines is 1. The van der Waals surface area contributed by atoms with Gasteiger partial charge in [-0.2, -0.15) is 34.8 Å². The van der Waals surface area contributed by atoms with Crippen LogP contribution in [0.5, 0.6) is 11.5 Å². The van der Waals surface area contributed by atoms with Crippen molar-refractivity contribution in [1.82, 2.24) is 0 Å². The molecule has 0 aromatic heterocycles. The number of benzene rings is 3. The summed E-state index contributed by atoms with van der Waals surface area (Å²) in [6.45, 7) is -0.238. The van der Waals surface area contributed by atoms with Crippen molar-refractivity contribution in [2.24, 2.45) is 0 Å². The monoisotopic (exact) mass is 639 g/mol. The lowest BCUT2D eigenvalue weighted by atomic mass is 9.73. The third-order valence-corrected chi connectivity index (χ3v) is 8.40. The van der Waals surface area contributed by atoms with Gasteiger partial charge in [0, 0.05) is 25.0 Å². The van der Waals surface area contributed by atoms with Crippen LogP contribution < -0.4 is 13.8 Å². The minimum absolute atomic E-state index is 0.0323. The number of nitrogens with zero attached hydrogens (tertiary/aromatic N) is 1. The Morgan fingerprint density at radius 3 is 1.55 bits per heavy atom. The van der Waals surface area contributed by atoms with E-state index in [2.05, 4.69) is 0 Å². The molecule has 0 saturated carbocycles. The zero-order valence-electron chi connectivity index (χ0n) is 22.3. The maximum absolute atomic E-state index is 14.3. The largest absolute Gasteiger partial charge is 0.497 e. The van der Waals surface area contributed by atoms with Gasteiger partial charge in [0.2, 0.25) is 5.41 Å². The molecule has 3 aromatic rings. The molecule has 7 nitrogen and oxygen atoms in total. The van der Waals surface area contributed by atoms with E-state index in [4.69, 9.17) is 8.92 Å². The smallest absolute Gasteiger partial charge is 0.411 e. The second-order valence-electron chi connectivity index (χ2n) is 9.30. The molecular formula is C27H27F6NO6S2. The van der Waals surface area contributed by atoms with E-state index in [0.717, 1.165) is 18.4 Å². The van der Waals surface area contributed by atoms with Crippen LogP contribution in [-0.4, -0.2) is 67.1 Å². The highest BCUT2D eigenvalue weighted by atomic mass is 32.2. The molecule has 0 heterocycles. The SMILES string of the molecule is COc1ccc(C(c2ccc(OS(=O)(=O)CCN(CCS(C)(=O)=O)c3ccccc3)cc2)(C(F)(F)F)C(F)(F)F)cc1. The summed E-state index contributed by atoms with van der Waals surface area (Å²) < 4.78 is 144. The summed E-state index contributed by atoms with van der Waals surface area (Å²) in [6, 6.07) is 14.1. The number of hydrogen-bond acceptors (Lipinski definition) is 7. The molecule has 0 unspecified atom stereocenters. The summed E-state index contributed by atoms with van der Waals surface area (Å²) in [6.07, 6.45) is -10.6. The Kier molecular flexibility index (Phi) is 9.77. The van der Waals surface area contributed by atoms with Gasteiger partial charge in [-0.1, -0.05) is 42.5 Å². The average molecular weight is 640 g/mol. The van der Waals surface area contributed by atoms with Crippen molar-refractivity contribution in [3.63, 3.8) is 0 Å². The lowest BCUT2D eigenvalue weighted by molar-refractivity contribution is -0.288. The van der Waals surface area contributed by atoms with E-state index in [9.17, 15) is 43.2 Å². The summed E-state index contributed by atoms with van der Waals surface area (Å²) in [4.78, 5) is 1.50. The quantitative estimate of drug-likeness (QED) is 0.195. The predicted octanol–water partition coefficient (Wildman–Crippen LogP) is 5.37. The molecule has 15 heteroatoms. The molecule has 0 saturated heterocycles. The zero-order chi connectivity index (χ0) is 31.4. The number of hydrogen-bond donors (Lipinski definition) is 0. The van der Waals surface area contributed by atoms with Gasteiger partial charge in [0.25, 0.3) is 0 Å². The molecule has 0 radical (unpaired) electrons. The van der Waals surface area contributed by atoms with Crippen molar-refractivity contribution in [3.05, 3.63) is 90.0 Å². The number of methoxy groups -OCH3 is 1. The standard InChI is InChI=1S/C27H27F6NO6S2/c1-39-23-12-8-20(9-13-23)25(26(28,29)30,27(31,32)33)21-10-14-24(15-11-21)40-42(37,38)19-17-34(16-18-41(2,35)36)22-6-4-3-5-7-22/h3-15H,16-19H2,1-2H3. The van der Waals surface area contributed by atoms with Crippen LogP contribution in [0.3, 0.4) is 0 Å². The Morgan fingerprint density at radius 1 is 0.667 bits per heavy atom. The number of halogens is 6. The molecule has 42 heavy (non-hydrogen) atoms. The number of rotatable bonds is 12. The Labute approximate surface area is 239 Å². The fraction of sp³-hybridized carbons (Fsp3) is 0.333. The molecule has 0 spiro atoms. The first-order chi connectivity index (χ1) is 19.4. The van der Waals surface area contributed by atoms with Crippen LogP contribution in [0, 0.1) is 0 Å². The average Bonchev–Trinajstić information content (AvgIpc) is 2.88. The summed E-state index contributed by atoms with van der Waals surface area (Å²) in [5, 5.41) is 0. The molecule has 0 N–H and O–H groups in total. The molecule has 0 atom stereocenters. The molecular weight excluding hydrogens is 612 g/mol. The number of alkyl halides is 6. The minimum atomic E-state index is -5.83. The Bertz CT molecular complexity index is 1530. The fourth-order valence-corrected chi connectivity index (χ4v) is 5.76. The molecule has 0 bridgehead atoms. The maximum Gasteiger partial charge on any atom is 0.411 e. The van der Waals surface area contributed by atoms with Crippen LogP contribution in [0.1, 0.15) is 11.1 Å². The summed E-state index contributed by atoms with van der Waals surface area (Å²) >= 11 is 0. The van der Waals surface area contributed by atoms with E-state index in [-0.39, 0.29) is 24.6 Å². The van der Waals surface area contributed by atoms with Crippen molar-refractivity contribution in [3.8, 4) is 11.5 Å². The minimum Gasteiger partial charge on any atom is -0.497 e. The van der Waals surface area contributed by atoms with Crippen LogP contribution in [0.2, 0.25) is 0 Å².